The molecule has 1 aromatic heterocycles. The minimum Gasteiger partial charge on any atom is -0.324 e. The van der Waals surface area contributed by atoms with Gasteiger partial charge in [0.15, 0.2) is 0 Å². The number of anilines is 1. The Balaban J connectivity index is 1.86. The maximum absolute atomic E-state index is 12.7. The summed E-state index contributed by atoms with van der Waals surface area (Å²) in [6.45, 7) is 4.13. The van der Waals surface area contributed by atoms with E-state index in [0.717, 1.165) is 29.4 Å². The smallest absolute Gasteiger partial charge is 0.230 e. The van der Waals surface area contributed by atoms with Gasteiger partial charge in [-0.1, -0.05) is 44.9 Å². The van der Waals surface area contributed by atoms with E-state index in [-0.39, 0.29) is 11.3 Å². The number of amides is 1. The fourth-order valence-electron chi connectivity index (χ4n) is 3.32. The lowest BCUT2D eigenvalue weighted by atomic mass is 9.77. The number of para-hydroxylation sites is 1. The molecule has 0 atom stereocenters. The molecular weight excluding hydrogens is 260 g/mol. The van der Waals surface area contributed by atoms with Gasteiger partial charge in [-0.2, -0.15) is 0 Å². The summed E-state index contributed by atoms with van der Waals surface area (Å²) in [5, 5.41) is 4.15. The molecule has 1 fully saturated rings. The molecule has 1 N–H and O–H groups in total. The second kappa shape index (κ2) is 5.47. The number of nitrogens with one attached hydrogen (secondary N) is 1. The van der Waals surface area contributed by atoms with E-state index in [1.165, 1.54) is 12.8 Å². The van der Waals surface area contributed by atoms with E-state index < -0.39 is 0 Å². The largest absolute Gasteiger partial charge is 0.324 e. The van der Waals surface area contributed by atoms with Crippen LogP contribution in [-0.4, -0.2) is 10.9 Å². The van der Waals surface area contributed by atoms with Gasteiger partial charge >= 0.3 is 0 Å². The molecule has 1 heterocycles. The SMILES string of the molecule is CC(C)(C(=O)Nc1cccc2cccnc12)C1CCCC1. The monoisotopic (exact) mass is 282 g/mol. The maximum Gasteiger partial charge on any atom is 0.230 e. The predicted octanol–water partition coefficient (Wildman–Crippen LogP) is 4.39. The van der Waals surface area contributed by atoms with Gasteiger partial charge in [0.2, 0.25) is 5.91 Å². The summed E-state index contributed by atoms with van der Waals surface area (Å²) in [5.41, 5.74) is 1.34. The zero-order valence-electron chi connectivity index (χ0n) is 12.7. The molecule has 110 valence electrons. The molecule has 1 aliphatic rings. The van der Waals surface area contributed by atoms with Crippen LogP contribution in [0, 0.1) is 11.3 Å². The van der Waals surface area contributed by atoms with Crippen molar-refractivity contribution in [3.63, 3.8) is 0 Å². The van der Waals surface area contributed by atoms with Gasteiger partial charge in [-0.15, -0.1) is 0 Å². The molecule has 3 heteroatoms. The lowest BCUT2D eigenvalue weighted by molar-refractivity contribution is -0.126. The zero-order chi connectivity index (χ0) is 14.9. The Labute approximate surface area is 125 Å². The number of carbonyl (C=O) groups is 1. The van der Waals surface area contributed by atoms with Gasteiger partial charge in [0.1, 0.15) is 0 Å². The van der Waals surface area contributed by atoms with Gasteiger partial charge in [0.25, 0.3) is 0 Å². The molecule has 1 aliphatic carbocycles. The molecule has 3 nitrogen and oxygen atoms in total. The molecule has 0 saturated heterocycles. The molecule has 0 aliphatic heterocycles. The first kappa shape index (κ1) is 14.1. The second-order valence-corrected chi connectivity index (χ2v) is 6.54. The Hall–Kier alpha value is -1.90. The minimum absolute atomic E-state index is 0.104. The van der Waals surface area contributed by atoms with Gasteiger partial charge < -0.3 is 5.32 Å². The molecule has 0 unspecified atom stereocenters. The summed E-state index contributed by atoms with van der Waals surface area (Å²) in [4.78, 5) is 17.1. The number of rotatable bonds is 3. The first-order valence-corrected chi connectivity index (χ1v) is 7.74. The standard InChI is InChI=1S/C18H22N2O/c1-18(2,14-9-3-4-10-14)17(21)20-15-11-5-7-13-8-6-12-19-16(13)15/h5-8,11-12,14H,3-4,9-10H2,1-2H3,(H,20,21). The van der Waals surface area contributed by atoms with Crippen LogP contribution in [0.1, 0.15) is 39.5 Å². The Morgan fingerprint density at radius 3 is 2.67 bits per heavy atom. The van der Waals surface area contributed by atoms with E-state index >= 15 is 0 Å². The van der Waals surface area contributed by atoms with Crippen LogP contribution < -0.4 is 5.32 Å². The first-order chi connectivity index (χ1) is 10.1. The Bertz CT molecular complexity index is 652. The van der Waals surface area contributed by atoms with Crippen LogP contribution in [0.5, 0.6) is 0 Å². The van der Waals surface area contributed by atoms with Crippen LogP contribution in [0.2, 0.25) is 0 Å². The average Bonchev–Trinajstić information content (AvgIpc) is 3.02. The topological polar surface area (TPSA) is 42.0 Å². The Morgan fingerprint density at radius 2 is 1.90 bits per heavy atom. The summed E-state index contributed by atoms with van der Waals surface area (Å²) < 4.78 is 0. The highest BCUT2D eigenvalue weighted by Gasteiger charge is 2.38. The summed E-state index contributed by atoms with van der Waals surface area (Å²) >= 11 is 0. The number of aromatic nitrogens is 1. The van der Waals surface area contributed by atoms with E-state index in [1.807, 2.05) is 30.3 Å². The highest BCUT2D eigenvalue weighted by atomic mass is 16.2. The zero-order valence-corrected chi connectivity index (χ0v) is 12.7. The van der Waals surface area contributed by atoms with E-state index in [9.17, 15) is 4.79 Å². The van der Waals surface area contributed by atoms with Crippen molar-refractivity contribution in [2.75, 3.05) is 5.32 Å². The van der Waals surface area contributed by atoms with Gasteiger partial charge in [0.05, 0.1) is 11.2 Å². The number of nitrogens with zero attached hydrogens (tertiary/aromatic N) is 1. The Kier molecular flexibility index (Phi) is 3.66. The number of hydrogen-bond acceptors (Lipinski definition) is 2. The van der Waals surface area contributed by atoms with Crippen molar-refractivity contribution in [2.45, 2.75) is 39.5 Å². The molecule has 1 aromatic carbocycles. The van der Waals surface area contributed by atoms with Crippen molar-refractivity contribution in [1.82, 2.24) is 4.98 Å². The third kappa shape index (κ3) is 2.65. The van der Waals surface area contributed by atoms with Crippen LogP contribution >= 0.6 is 0 Å². The third-order valence-electron chi connectivity index (χ3n) is 4.84. The summed E-state index contributed by atoms with van der Waals surface area (Å²) in [6, 6.07) is 9.83. The molecule has 1 amide bonds. The van der Waals surface area contributed by atoms with Gasteiger partial charge in [-0.05, 0) is 30.9 Å². The lowest BCUT2D eigenvalue weighted by Gasteiger charge is -2.30. The quantitative estimate of drug-likeness (QED) is 0.907. The normalized spacial score (nSPS) is 16.3. The first-order valence-electron chi connectivity index (χ1n) is 7.74. The number of benzene rings is 1. The highest BCUT2D eigenvalue weighted by molar-refractivity contribution is 6.02. The Morgan fingerprint density at radius 1 is 1.19 bits per heavy atom. The van der Waals surface area contributed by atoms with Gasteiger partial charge in [-0.25, -0.2) is 0 Å². The molecule has 2 aromatic rings. The van der Waals surface area contributed by atoms with Crippen molar-refractivity contribution in [3.05, 3.63) is 36.5 Å². The number of fused-ring (bicyclic) bond motifs is 1. The van der Waals surface area contributed by atoms with Gasteiger partial charge in [0, 0.05) is 17.0 Å². The molecule has 1 saturated carbocycles. The molecule has 0 radical (unpaired) electrons. The third-order valence-corrected chi connectivity index (χ3v) is 4.84. The van der Waals surface area contributed by atoms with Crippen molar-refractivity contribution in [1.29, 1.82) is 0 Å². The minimum atomic E-state index is -0.326. The summed E-state index contributed by atoms with van der Waals surface area (Å²) in [5.74, 6) is 0.591. The lowest BCUT2D eigenvalue weighted by Crippen LogP contribution is -2.36. The van der Waals surface area contributed by atoms with Gasteiger partial charge in [-0.3, -0.25) is 9.78 Å². The van der Waals surface area contributed by atoms with E-state index in [4.69, 9.17) is 0 Å². The number of pyridine rings is 1. The van der Waals surface area contributed by atoms with Crippen LogP contribution in [0.25, 0.3) is 10.9 Å². The van der Waals surface area contributed by atoms with Crippen LogP contribution in [0.4, 0.5) is 5.69 Å². The summed E-state index contributed by atoms with van der Waals surface area (Å²) in [6.07, 6.45) is 6.58. The van der Waals surface area contributed by atoms with E-state index in [1.54, 1.807) is 6.20 Å². The van der Waals surface area contributed by atoms with E-state index in [0.29, 0.717) is 5.92 Å². The number of carbonyl (C=O) groups excluding carboxylic acids is 1. The number of hydrogen-bond donors (Lipinski definition) is 1. The fourth-order valence-corrected chi connectivity index (χ4v) is 3.32. The van der Waals surface area contributed by atoms with Crippen LogP contribution in [0.3, 0.4) is 0 Å². The fraction of sp³-hybridized carbons (Fsp3) is 0.444. The molecule has 0 bridgehead atoms. The van der Waals surface area contributed by atoms with Crippen LogP contribution in [-0.2, 0) is 4.79 Å². The van der Waals surface area contributed by atoms with Crippen LogP contribution in [0.15, 0.2) is 36.5 Å². The van der Waals surface area contributed by atoms with Crippen molar-refractivity contribution >= 4 is 22.5 Å². The average molecular weight is 282 g/mol. The second-order valence-electron chi connectivity index (χ2n) is 6.54. The molecule has 3 rings (SSSR count). The molecular formula is C18H22N2O. The predicted molar refractivity (Wildman–Crippen MR) is 86.1 cm³/mol. The van der Waals surface area contributed by atoms with Crippen molar-refractivity contribution in [2.24, 2.45) is 11.3 Å². The molecule has 21 heavy (non-hydrogen) atoms. The highest BCUT2D eigenvalue weighted by Crippen LogP contribution is 2.40. The van der Waals surface area contributed by atoms with E-state index in [2.05, 4.69) is 24.1 Å². The maximum atomic E-state index is 12.7. The van der Waals surface area contributed by atoms with Crippen molar-refractivity contribution in [3.8, 4) is 0 Å². The summed E-state index contributed by atoms with van der Waals surface area (Å²) in [7, 11) is 0. The van der Waals surface area contributed by atoms with Crippen molar-refractivity contribution < 1.29 is 4.79 Å². The molecule has 0 spiro atoms.